The summed E-state index contributed by atoms with van der Waals surface area (Å²) in [6.45, 7) is 3.82. The quantitative estimate of drug-likeness (QED) is 0.855. The number of nitrogens with zero attached hydrogens (tertiary/aromatic N) is 3. The summed E-state index contributed by atoms with van der Waals surface area (Å²) in [5, 5.41) is 2.87. The number of carbonyl (C=O) groups excluding carboxylic acids is 1. The number of halogens is 1. The van der Waals surface area contributed by atoms with Gasteiger partial charge < -0.3 is 4.90 Å². The van der Waals surface area contributed by atoms with Crippen LogP contribution in [0.3, 0.4) is 0 Å². The van der Waals surface area contributed by atoms with Crippen LogP contribution in [0.25, 0.3) is 0 Å². The number of piperidine rings is 1. The molecule has 2 aliphatic rings. The average molecular weight is 339 g/mol. The van der Waals surface area contributed by atoms with E-state index in [1.807, 2.05) is 11.0 Å². The summed E-state index contributed by atoms with van der Waals surface area (Å²) in [5.74, 6) is 0.601. The highest BCUT2D eigenvalue weighted by molar-refractivity contribution is 9.10. The van der Waals surface area contributed by atoms with Gasteiger partial charge in [0.25, 0.3) is 0 Å². The Kier molecular flexibility index (Phi) is 4.21. The average Bonchev–Trinajstić information content (AvgIpc) is 2.49. The Bertz CT molecular complexity index is 479. The highest BCUT2D eigenvalue weighted by Gasteiger charge is 2.30. The number of aromatic nitrogens is 1. The Labute approximate surface area is 127 Å². The van der Waals surface area contributed by atoms with E-state index in [2.05, 4.69) is 31.1 Å². The van der Waals surface area contributed by atoms with Gasteiger partial charge in [-0.05, 0) is 47.4 Å². The zero-order valence-corrected chi connectivity index (χ0v) is 13.0. The van der Waals surface area contributed by atoms with Crippen molar-refractivity contribution in [1.82, 2.24) is 14.8 Å². The van der Waals surface area contributed by atoms with Crippen molar-refractivity contribution in [2.24, 2.45) is 0 Å². The molecule has 2 saturated heterocycles. The molecule has 0 unspecified atom stereocenters. The van der Waals surface area contributed by atoms with E-state index < -0.39 is 0 Å². The smallest absolute Gasteiger partial charge is 0.322 e. The maximum absolute atomic E-state index is 12.3. The molecular formula is C14H19BrN4O. The number of rotatable bonds is 1. The summed E-state index contributed by atoms with van der Waals surface area (Å²) in [4.78, 5) is 20.9. The topological polar surface area (TPSA) is 48.5 Å². The summed E-state index contributed by atoms with van der Waals surface area (Å²) in [6, 6.07) is 4.19. The van der Waals surface area contributed by atoms with Gasteiger partial charge in [0, 0.05) is 36.3 Å². The number of hydrogen-bond acceptors (Lipinski definition) is 3. The lowest BCUT2D eigenvalue weighted by Gasteiger charge is -2.43. The van der Waals surface area contributed by atoms with E-state index in [4.69, 9.17) is 0 Å². The molecule has 1 N–H and O–H groups in total. The molecule has 1 aromatic rings. The van der Waals surface area contributed by atoms with Gasteiger partial charge in [-0.1, -0.05) is 6.42 Å². The molecule has 108 valence electrons. The van der Waals surface area contributed by atoms with Crippen LogP contribution in [0.5, 0.6) is 0 Å². The number of urea groups is 1. The Morgan fingerprint density at radius 1 is 1.30 bits per heavy atom. The van der Waals surface area contributed by atoms with Crippen LogP contribution in [0.15, 0.2) is 22.8 Å². The molecule has 3 rings (SSSR count). The van der Waals surface area contributed by atoms with Crippen molar-refractivity contribution in [2.75, 3.05) is 31.5 Å². The van der Waals surface area contributed by atoms with Gasteiger partial charge in [0.05, 0.1) is 0 Å². The SMILES string of the molecule is O=C(Nc1ccc(Br)cn1)N1CCN2CCCC[C@H]2C1. The van der Waals surface area contributed by atoms with Gasteiger partial charge >= 0.3 is 6.03 Å². The van der Waals surface area contributed by atoms with E-state index in [1.165, 1.54) is 25.8 Å². The third kappa shape index (κ3) is 3.12. The molecule has 2 aliphatic heterocycles. The molecule has 0 aliphatic carbocycles. The van der Waals surface area contributed by atoms with Crippen LogP contribution in [0.4, 0.5) is 10.6 Å². The van der Waals surface area contributed by atoms with Crippen LogP contribution < -0.4 is 5.32 Å². The molecule has 1 aromatic heterocycles. The van der Waals surface area contributed by atoms with Crippen molar-refractivity contribution >= 4 is 27.8 Å². The van der Waals surface area contributed by atoms with Crippen LogP contribution in [0.1, 0.15) is 19.3 Å². The number of carbonyl (C=O) groups is 1. The lowest BCUT2D eigenvalue weighted by Crippen LogP contribution is -2.56. The maximum Gasteiger partial charge on any atom is 0.323 e. The van der Waals surface area contributed by atoms with Crippen molar-refractivity contribution in [1.29, 1.82) is 0 Å². The molecule has 0 spiro atoms. The van der Waals surface area contributed by atoms with Gasteiger partial charge in [-0.25, -0.2) is 9.78 Å². The zero-order valence-electron chi connectivity index (χ0n) is 11.4. The van der Waals surface area contributed by atoms with Crippen molar-refractivity contribution in [3.05, 3.63) is 22.8 Å². The lowest BCUT2D eigenvalue weighted by atomic mass is 10.00. The number of pyridine rings is 1. The van der Waals surface area contributed by atoms with E-state index in [9.17, 15) is 4.79 Å². The van der Waals surface area contributed by atoms with E-state index in [0.717, 1.165) is 24.1 Å². The van der Waals surface area contributed by atoms with E-state index in [0.29, 0.717) is 11.9 Å². The number of anilines is 1. The Morgan fingerprint density at radius 2 is 2.20 bits per heavy atom. The molecule has 0 aromatic carbocycles. The van der Waals surface area contributed by atoms with Crippen molar-refractivity contribution in [3.63, 3.8) is 0 Å². The Balaban J connectivity index is 1.58. The van der Waals surface area contributed by atoms with Crippen LogP contribution >= 0.6 is 15.9 Å². The molecule has 0 radical (unpaired) electrons. The maximum atomic E-state index is 12.3. The van der Waals surface area contributed by atoms with E-state index in [1.54, 1.807) is 12.3 Å². The lowest BCUT2D eigenvalue weighted by molar-refractivity contribution is 0.0678. The van der Waals surface area contributed by atoms with Crippen molar-refractivity contribution < 1.29 is 4.79 Å². The fraction of sp³-hybridized carbons (Fsp3) is 0.571. The summed E-state index contributed by atoms with van der Waals surface area (Å²) in [7, 11) is 0. The van der Waals surface area contributed by atoms with Crippen LogP contribution in [-0.4, -0.2) is 53.0 Å². The number of nitrogens with one attached hydrogen (secondary N) is 1. The summed E-state index contributed by atoms with van der Waals surface area (Å²) in [5.41, 5.74) is 0. The second-order valence-corrected chi connectivity index (χ2v) is 6.34. The molecule has 2 amide bonds. The number of hydrogen-bond donors (Lipinski definition) is 1. The monoisotopic (exact) mass is 338 g/mol. The fourth-order valence-corrected chi connectivity index (χ4v) is 3.21. The first-order valence-electron chi connectivity index (χ1n) is 7.14. The van der Waals surface area contributed by atoms with E-state index >= 15 is 0 Å². The van der Waals surface area contributed by atoms with E-state index in [-0.39, 0.29) is 6.03 Å². The summed E-state index contributed by atoms with van der Waals surface area (Å²) < 4.78 is 0.909. The summed E-state index contributed by atoms with van der Waals surface area (Å²) in [6.07, 6.45) is 5.48. The standard InChI is InChI=1S/C14H19BrN4O/c15-11-4-5-13(16-9-11)17-14(20)19-8-7-18-6-2-1-3-12(18)10-19/h4-5,9,12H,1-3,6-8,10H2,(H,16,17,20)/t12-/m0/s1. The summed E-state index contributed by atoms with van der Waals surface area (Å²) >= 11 is 3.34. The van der Waals surface area contributed by atoms with Gasteiger partial charge in [-0.2, -0.15) is 0 Å². The number of piperazine rings is 1. The van der Waals surface area contributed by atoms with Crippen molar-refractivity contribution in [3.8, 4) is 0 Å². The first kappa shape index (κ1) is 13.8. The van der Waals surface area contributed by atoms with Crippen LogP contribution in [-0.2, 0) is 0 Å². The van der Waals surface area contributed by atoms with Gasteiger partial charge in [-0.3, -0.25) is 10.2 Å². The first-order chi connectivity index (χ1) is 9.72. The number of amides is 2. The Hall–Kier alpha value is -1.14. The molecule has 5 nitrogen and oxygen atoms in total. The second kappa shape index (κ2) is 6.10. The fourth-order valence-electron chi connectivity index (χ4n) is 2.98. The highest BCUT2D eigenvalue weighted by atomic mass is 79.9. The van der Waals surface area contributed by atoms with Gasteiger partial charge in [0.2, 0.25) is 0 Å². The molecule has 3 heterocycles. The normalized spacial score (nSPS) is 23.2. The second-order valence-electron chi connectivity index (χ2n) is 5.42. The molecule has 0 saturated carbocycles. The van der Waals surface area contributed by atoms with Crippen LogP contribution in [0.2, 0.25) is 0 Å². The molecule has 6 heteroatoms. The van der Waals surface area contributed by atoms with Crippen LogP contribution in [0, 0.1) is 0 Å². The Morgan fingerprint density at radius 3 is 3.00 bits per heavy atom. The molecule has 20 heavy (non-hydrogen) atoms. The largest absolute Gasteiger partial charge is 0.323 e. The minimum absolute atomic E-state index is 0.0370. The predicted molar refractivity (Wildman–Crippen MR) is 81.7 cm³/mol. The molecule has 0 bridgehead atoms. The molecule has 2 fully saturated rings. The third-order valence-electron chi connectivity index (χ3n) is 4.09. The minimum Gasteiger partial charge on any atom is -0.322 e. The number of fused-ring (bicyclic) bond motifs is 1. The van der Waals surface area contributed by atoms with Crippen molar-refractivity contribution in [2.45, 2.75) is 25.3 Å². The van der Waals surface area contributed by atoms with Gasteiger partial charge in [0.15, 0.2) is 0 Å². The highest BCUT2D eigenvalue weighted by Crippen LogP contribution is 2.21. The predicted octanol–water partition coefficient (Wildman–Crippen LogP) is 2.55. The first-order valence-corrected chi connectivity index (χ1v) is 7.93. The van der Waals surface area contributed by atoms with Gasteiger partial charge in [-0.15, -0.1) is 0 Å². The molecule has 1 atom stereocenters. The molecular weight excluding hydrogens is 320 g/mol. The van der Waals surface area contributed by atoms with Gasteiger partial charge in [0.1, 0.15) is 5.82 Å². The third-order valence-corrected chi connectivity index (χ3v) is 4.56. The minimum atomic E-state index is -0.0370. The zero-order chi connectivity index (χ0) is 13.9.